The number of carbonyl (C=O) groups is 1. The predicted octanol–water partition coefficient (Wildman–Crippen LogP) is 2.13. The van der Waals surface area contributed by atoms with Crippen molar-refractivity contribution in [2.24, 2.45) is 4.99 Å². The van der Waals surface area contributed by atoms with Crippen LogP contribution in [0.1, 0.15) is 32.3 Å². The molecule has 0 saturated heterocycles. The topological polar surface area (TPSA) is 74.8 Å². The van der Waals surface area contributed by atoms with E-state index in [0.29, 0.717) is 26.1 Å². The molecule has 1 amide bonds. The molecule has 3 N–H and O–H groups in total. The highest BCUT2D eigenvalue weighted by atomic mass is 16.5. The zero-order chi connectivity index (χ0) is 16.9. The number of carbonyl (C=O) groups excluding carboxylic acids is 1. The Morgan fingerprint density at radius 2 is 2.09 bits per heavy atom. The summed E-state index contributed by atoms with van der Waals surface area (Å²) in [6.07, 6.45) is 1.38. The van der Waals surface area contributed by atoms with E-state index in [0.717, 1.165) is 30.2 Å². The Balaban J connectivity index is 2.63. The number of methoxy groups -OCH3 is 1. The molecule has 0 radical (unpaired) electrons. The summed E-state index contributed by atoms with van der Waals surface area (Å²) in [4.78, 5) is 16.2. The Morgan fingerprint density at radius 3 is 2.78 bits per heavy atom. The third-order valence-electron chi connectivity index (χ3n) is 3.05. The van der Waals surface area contributed by atoms with Gasteiger partial charge in [-0.2, -0.15) is 0 Å². The fraction of sp³-hybridized carbons (Fsp3) is 0.529. The van der Waals surface area contributed by atoms with Crippen LogP contribution in [0, 0.1) is 0 Å². The molecule has 0 bridgehead atoms. The maximum absolute atomic E-state index is 11.7. The van der Waals surface area contributed by atoms with Crippen LogP contribution in [0.2, 0.25) is 0 Å². The summed E-state index contributed by atoms with van der Waals surface area (Å²) in [5.74, 6) is 0.799. The van der Waals surface area contributed by atoms with Crippen molar-refractivity contribution in [2.45, 2.75) is 33.2 Å². The van der Waals surface area contributed by atoms with E-state index in [1.165, 1.54) is 0 Å². The average molecular weight is 320 g/mol. The molecule has 1 aromatic rings. The molecule has 0 aliphatic heterocycles. The number of anilines is 1. The smallest absolute Gasteiger partial charge is 0.224 e. The number of hydrogen-bond acceptors (Lipinski definition) is 3. The molecule has 23 heavy (non-hydrogen) atoms. The van der Waals surface area contributed by atoms with Gasteiger partial charge in [0.1, 0.15) is 0 Å². The van der Waals surface area contributed by atoms with E-state index in [1.807, 2.05) is 38.1 Å². The van der Waals surface area contributed by atoms with Crippen molar-refractivity contribution >= 4 is 17.6 Å². The molecule has 0 saturated carbocycles. The first kappa shape index (κ1) is 19.0. The third kappa shape index (κ3) is 8.21. The predicted molar refractivity (Wildman–Crippen MR) is 94.7 cm³/mol. The molecule has 0 aromatic heterocycles. The van der Waals surface area contributed by atoms with E-state index >= 15 is 0 Å². The molecule has 0 fully saturated rings. The lowest BCUT2D eigenvalue weighted by molar-refractivity contribution is -0.116. The number of benzene rings is 1. The molecule has 0 unspecified atom stereocenters. The van der Waals surface area contributed by atoms with E-state index in [2.05, 4.69) is 20.9 Å². The molecule has 1 rings (SSSR count). The van der Waals surface area contributed by atoms with Crippen molar-refractivity contribution < 1.29 is 9.53 Å². The van der Waals surface area contributed by atoms with Gasteiger partial charge in [0, 0.05) is 32.3 Å². The van der Waals surface area contributed by atoms with Crippen LogP contribution in [-0.2, 0) is 16.1 Å². The van der Waals surface area contributed by atoms with Gasteiger partial charge in [0.05, 0.1) is 13.2 Å². The summed E-state index contributed by atoms with van der Waals surface area (Å²) in [5.41, 5.74) is 1.86. The van der Waals surface area contributed by atoms with Crippen LogP contribution < -0.4 is 16.0 Å². The van der Waals surface area contributed by atoms with E-state index in [-0.39, 0.29) is 5.91 Å². The van der Waals surface area contributed by atoms with Crippen LogP contribution in [0.25, 0.3) is 0 Å². The largest absolute Gasteiger partial charge is 0.383 e. The lowest BCUT2D eigenvalue weighted by Crippen LogP contribution is -2.38. The van der Waals surface area contributed by atoms with E-state index in [9.17, 15) is 4.79 Å². The minimum Gasteiger partial charge on any atom is -0.383 e. The van der Waals surface area contributed by atoms with Crippen molar-refractivity contribution in [1.29, 1.82) is 0 Å². The second-order valence-corrected chi connectivity index (χ2v) is 5.11. The number of guanidine groups is 1. The number of nitrogens with zero attached hydrogens (tertiary/aromatic N) is 1. The number of amides is 1. The van der Waals surface area contributed by atoms with Gasteiger partial charge in [-0.15, -0.1) is 0 Å². The maximum Gasteiger partial charge on any atom is 0.224 e. The number of aliphatic imine (C=N–C) groups is 1. The first-order valence-corrected chi connectivity index (χ1v) is 8.09. The SMILES string of the molecule is CCCC(=O)Nc1cccc(CN=C(NCC)NCCOC)c1. The number of ether oxygens (including phenoxy) is 1. The zero-order valence-corrected chi connectivity index (χ0v) is 14.3. The zero-order valence-electron chi connectivity index (χ0n) is 14.3. The summed E-state index contributed by atoms with van der Waals surface area (Å²) in [6, 6.07) is 7.77. The highest BCUT2D eigenvalue weighted by Gasteiger charge is 2.02. The Bertz CT molecular complexity index is 503. The van der Waals surface area contributed by atoms with Crippen LogP contribution in [0.4, 0.5) is 5.69 Å². The van der Waals surface area contributed by atoms with Gasteiger partial charge in [0.15, 0.2) is 5.96 Å². The molecular formula is C17H28N4O2. The molecule has 0 aliphatic rings. The second-order valence-electron chi connectivity index (χ2n) is 5.11. The molecule has 6 heteroatoms. The summed E-state index contributed by atoms with van der Waals surface area (Å²) in [5, 5.41) is 9.29. The van der Waals surface area contributed by atoms with Crippen LogP contribution in [0.15, 0.2) is 29.3 Å². The van der Waals surface area contributed by atoms with Crippen molar-refractivity contribution in [3.05, 3.63) is 29.8 Å². The molecule has 0 aliphatic carbocycles. The van der Waals surface area contributed by atoms with E-state index < -0.39 is 0 Å². The number of hydrogen-bond donors (Lipinski definition) is 3. The van der Waals surface area contributed by atoms with Gasteiger partial charge in [-0.3, -0.25) is 4.79 Å². The summed E-state index contributed by atoms with van der Waals surface area (Å²) < 4.78 is 5.02. The third-order valence-corrected chi connectivity index (χ3v) is 3.05. The van der Waals surface area contributed by atoms with Gasteiger partial charge in [0.25, 0.3) is 0 Å². The first-order valence-electron chi connectivity index (χ1n) is 8.09. The van der Waals surface area contributed by atoms with Crippen LogP contribution in [0.5, 0.6) is 0 Å². The number of rotatable bonds is 9. The standard InChI is InChI=1S/C17H28N4O2/c1-4-7-16(22)21-15-9-6-8-14(12-15)13-20-17(18-5-2)19-10-11-23-3/h6,8-9,12H,4-5,7,10-11,13H2,1-3H3,(H,21,22)(H2,18,19,20). The highest BCUT2D eigenvalue weighted by Crippen LogP contribution is 2.12. The van der Waals surface area contributed by atoms with Gasteiger partial charge in [-0.1, -0.05) is 19.1 Å². The van der Waals surface area contributed by atoms with Crippen LogP contribution >= 0.6 is 0 Å². The summed E-state index contributed by atoms with van der Waals surface area (Å²) in [6.45, 7) is 6.69. The molecule has 0 atom stereocenters. The second kappa shape index (κ2) is 11.5. The first-order chi connectivity index (χ1) is 11.2. The van der Waals surface area contributed by atoms with Crippen molar-refractivity contribution in [3.63, 3.8) is 0 Å². The van der Waals surface area contributed by atoms with Crippen molar-refractivity contribution in [3.8, 4) is 0 Å². The maximum atomic E-state index is 11.7. The lowest BCUT2D eigenvalue weighted by atomic mass is 10.2. The van der Waals surface area contributed by atoms with Crippen molar-refractivity contribution in [2.75, 3.05) is 32.1 Å². The van der Waals surface area contributed by atoms with E-state index in [1.54, 1.807) is 7.11 Å². The van der Waals surface area contributed by atoms with Crippen LogP contribution in [0.3, 0.4) is 0 Å². The normalized spacial score (nSPS) is 11.2. The fourth-order valence-electron chi connectivity index (χ4n) is 1.98. The summed E-state index contributed by atoms with van der Waals surface area (Å²) >= 11 is 0. The molecular weight excluding hydrogens is 292 g/mol. The van der Waals surface area contributed by atoms with Gasteiger partial charge in [-0.05, 0) is 31.0 Å². The average Bonchev–Trinajstić information content (AvgIpc) is 2.53. The molecule has 0 spiro atoms. The molecule has 128 valence electrons. The van der Waals surface area contributed by atoms with Crippen LogP contribution in [-0.4, -0.2) is 38.7 Å². The van der Waals surface area contributed by atoms with Gasteiger partial charge >= 0.3 is 0 Å². The minimum atomic E-state index is 0.0442. The molecule has 1 aromatic carbocycles. The Kier molecular flexibility index (Phi) is 9.47. The number of nitrogens with one attached hydrogen (secondary N) is 3. The quantitative estimate of drug-likeness (QED) is 0.370. The fourth-order valence-corrected chi connectivity index (χ4v) is 1.98. The monoisotopic (exact) mass is 320 g/mol. The van der Waals surface area contributed by atoms with Gasteiger partial charge in [-0.25, -0.2) is 4.99 Å². The minimum absolute atomic E-state index is 0.0442. The van der Waals surface area contributed by atoms with Gasteiger partial charge < -0.3 is 20.7 Å². The van der Waals surface area contributed by atoms with E-state index in [4.69, 9.17) is 4.74 Å². The Morgan fingerprint density at radius 1 is 1.26 bits per heavy atom. The molecule has 6 nitrogen and oxygen atoms in total. The Labute approximate surface area is 138 Å². The highest BCUT2D eigenvalue weighted by molar-refractivity contribution is 5.90. The lowest BCUT2D eigenvalue weighted by Gasteiger charge is -2.11. The Hall–Kier alpha value is -2.08. The summed E-state index contributed by atoms with van der Waals surface area (Å²) in [7, 11) is 1.67. The van der Waals surface area contributed by atoms with Crippen molar-refractivity contribution in [1.82, 2.24) is 10.6 Å². The molecule has 0 heterocycles. The van der Waals surface area contributed by atoms with Gasteiger partial charge in [0.2, 0.25) is 5.91 Å².